The van der Waals surface area contributed by atoms with Crippen LogP contribution in [0, 0.1) is 0 Å². The van der Waals surface area contributed by atoms with Crippen LogP contribution < -0.4 is 5.32 Å². The summed E-state index contributed by atoms with van der Waals surface area (Å²) in [7, 11) is 4.20. The van der Waals surface area contributed by atoms with Gasteiger partial charge in [0.1, 0.15) is 12.1 Å². The number of hydrogen-bond acceptors (Lipinski definition) is 5. The zero-order chi connectivity index (χ0) is 14.7. The van der Waals surface area contributed by atoms with E-state index in [9.17, 15) is 0 Å². The van der Waals surface area contributed by atoms with E-state index >= 15 is 0 Å². The van der Waals surface area contributed by atoms with Crippen LogP contribution in [-0.4, -0.2) is 35.5 Å². The number of para-hydroxylation sites is 1. The summed E-state index contributed by atoms with van der Waals surface area (Å²) in [5.74, 6) is 0.893. The van der Waals surface area contributed by atoms with Gasteiger partial charge < -0.3 is 10.2 Å². The van der Waals surface area contributed by atoms with Gasteiger partial charge in [0.05, 0.1) is 11.6 Å². The van der Waals surface area contributed by atoms with Crippen LogP contribution in [0.3, 0.4) is 0 Å². The van der Waals surface area contributed by atoms with E-state index in [2.05, 4.69) is 51.8 Å². The smallest absolute Gasteiger partial charge is 0.137 e. The van der Waals surface area contributed by atoms with Crippen molar-refractivity contribution in [2.45, 2.75) is 6.04 Å². The van der Waals surface area contributed by atoms with Crippen molar-refractivity contribution in [3.63, 3.8) is 0 Å². The normalized spacial score (nSPS) is 12.7. The Kier molecular flexibility index (Phi) is 4.13. The van der Waals surface area contributed by atoms with Crippen LogP contribution in [0.5, 0.6) is 0 Å². The minimum Gasteiger partial charge on any atom is -0.368 e. The van der Waals surface area contributed by atoms with Crippen LogP contribution in [0.1, 0.15) is 10.9 Å². The van der Waals surface area contributed by atoms with Crippen molar-refractivity contribution >= 4 is 28.1 Å². The molecule has 1 atom stereocenters. The standard InChI is InChI=1S/C16H18N4S/c1-20(2)14(15-8-5-9-21-15)10-17-16-12-6-3-4-7-13(12)18-11-19-16/h3-9,11,14H,10H2,1-2H3,(H,17,18,19). The van der Waals surface area contributed by atoms with Crippen molar-refractivity contribution in [2.75, 3.05) is 26.0 Å². The Hall–Kier alpha value is -1.98. The molecule has 0 aliphatic rings. The molecule has 21 heavy (non-hydrogen) atoms. The minimum atomic E-state index is 0.332. The van der Waals surface area contributed by atoms with Gasteiger partial charge in [-0.1, -0.05) is 18.2 Å². The van der Waals surface area contributed by atoms with Crippen molar-refractivity contribution in [1.82, 2.24) is 14.9 Å². The molecule has 0 radical (unpaired) electrons. The Balaban J connectivity index is 1.82. The number of nitrogens with one attached hydrogen (secondary N) is 1. The largest absolute Gasteiger partial charge is 0.368 e. The number of thiophene rings is 1. The second-order valence-electron chi connectivity index (χ2n) is 5.12. The first kappa shape index (κ1) is 14.0. The lowest BCUT2D eigenvalue weighted by Crippen LogP contribution is -2.26. The van der Waals surface area contributed by atoms with Gasteiger partial charge in [0, 0.05) is 16.8 Å². The third-order valence-electron chi connectivity index (χ3n) is 3.50. The van der Waals surface area contributed by atoms with Crippen molar-refractivity contribution in [2.24, 2.45) is 0 Å². The molecule has 3 rings (SSSR count). The predicted octanol–water partition coefficient (Wildman–Crippen LogP) is 3.41. The molecule has 0 spiro atoms. The fourth-order valence-electron chi connectivity index (χ4n) is 2.36. The van der Waals surface area contributed by atoms with E-state index in [1.165, 1.54) is 4.88 Å². The first-order valence-electron chi connectivity index (χ1n) is 6.89. The van der Waals surface area contributed by atoms with Crippen molar-refractivity contribution < 1.29 is 0 Å². The van der Waals surface area contributed by atoms with Crippen LogP contribution in [0.2, 0.25) is 0 Å². The number of benzene rings is 1. The second-order valence-corrected chi connectivity index (χ2v) is 6.09. The van der Waals surface area contributed by atoms with Crippen LogP contribution in [-0.2, 0) is 0 Å². The number of hydrogen-bond donors (Lipinski definition) is 1. The summed E-state index contributed by atoms with van der Waals surface area (Å²) >= 11 is 1.78. The van der Waals surface area contributed by atoms with Crippen molar-refractivity contribution in [1.29, 1.82) is 0 Å². The van der Waals surface area contributed by atoms with Crippen LogP contribution >= 0.6 is 11.3 Å². The van der Waals surface area contributed by atoms with Crippen molar-refractivity contribution in [3.05, 3.63) is 53.0 Å². The lowest BCUT2D eigenvalue weighted by molar-refractivity contribution is 0.316. The summed E-state index contributed by atoms with van der Waals surface area (Å²) in [5.41, 5.74) is 0.965. The molecule has 2 aromatic heterocycles. The first-order valence-corrected chi connectivity index (χ1v) is 7.77. The highest BCUT2D eigenvalue weighted by atomic mass is 32.1. The molecule has 0 bridgehead atoms. The summed E-state index contributed by atoms with van der Waals surface area (Å²) in [6.45, 7) is 0.814. The molecule has 0 amide bonds. The van der Waals surface area contributed by atoms with Gasteiger partial charge in [0.25, 0.3) is 0 Å². The zero-order valence-corrected chi connectivity index (χ0v) is 13.0. The highest BCUT2D eigenvalue weighted by Crippen LogP contribution is 2.25. The molecular formula is C16H18N4S. The summed E-state index contributed by atoms with van der Waals surface area (Å²) < 4.78 is 0. The lowest BCUT2D eigenvalue weighted by atomic mass is 10.2. The Morgan fingerprint density at radius 1 is 1.14 bits per heavy atom. The van der Waals surface area contributed by atoms with E-state index in [-0.39, 0.29) is 0 Å². The van der Waals surface area contributed by atoms with E-state index in [0.717, 1.165) is 23.3 Å². The molecule has 0 saturated carbocycles. The predicted molar refractivity (Wildman–Crippen MR) is 88.8 cm³/mol. The third kappa shape index (κ3) is 3.04. The number of rotatable bonds is 5. The molecule has 3 aromatic rings. The minimum absolute atomic E-state index is 0.332. The van der Waals surface area contributed by atoms with E-state index in [1.54, 1.807) is 17.7 Å². The molecule has 1 aromatic carbocycles. The fourth-order valence-corrected chi connectivity index (χ4v) is 3.28. The maximum atomic E-state index is 4.38. The molecule has 4 nitrogen and oxygen atoms in total. The lowest BCUT2D eigenvalue weighted by Gasteiger charge is -2.24. The van der Waals surface area contributed by atoms with E-state index in [4.69, 9.17) is 0 Å². The number of likely N-dealkylation sites (N-methyl/N-ethyl adjacent to an activating group) is 1. The Morgan fingerprint density at radius 2 is 2.00 bits per heavy atom. The summed E-state index contributed by atoms with van der Waals surface area (Å²) in [5, 5.41) is 6.65. The second kappa shape index (κ2) is 6.20. The Labute approximate surface area is 128 Å². The van der Waals surface area contributed by atoms with E-state index in [1.807, 2.05) is 24.3 Å². The van der Waals surface area contributed by atoms with Gasteiger partial charge in [-0.2, -0.15) is 0 Å². The van der Waals surface area contributed by atoms with Crippen LogP contribution in [0.25, 0.3) is 10.9 Å². The Morgan fingerprint density at radius 3 is 2.76 bits per heavy atom. The topological polar surface area (TPSA) is 41.0 Å². The average Bonchev–Trinajstić information content (AvgIpc) is 3.01. The SMILES string of the molecule is CN(C)C(CNc1ncnc2ccccc12)c1cccs1. The Bertz CT molecular complexity index is 704. The summed E-state index contributed by atoms with van der Waals surface area (Å²) in [4.78, 5) is 12.3. The third-order valence-corrected chi connectivity index (χ3v) is 4.47. The highest BCUT2D eigenvalue weighted by Gasteiger charge is 2.15. The van der Waals surface area contributed by atoms with Gasteiger partial charge in [0.2, 0.25) is 0 Å². The molecule has 5 heteroatoms. The number of aromatic nitrogens is 2. The van der Waals surface area contributed by atoms with Gasteiger partial charge in [-0.15, -0.1) is 11.3 Å². The van der Waals surface area contributed by atoms with Gasteiger partial charge in [-0.25, -0.2) is 9.97 Å². The molecule has 0 fully saturated rings. The summed E-state index contributed by atoms with van der Waals surface area (Å²) in [6.07, 6.45) is 1.61. The first-order chi connectivity index (χ1) is 10.3. The highest BCUT2D eigenvalue weighted by molar-refractivity contribution is 7.10. The number of fused-ring (bicyclic) bond motifs is 1. The quantitative estimate of drug-likeness (QED) is 0.784. The molecule has 1 N–H and O–H groups in total. The van der Waals surface area contributed by atoms with Gasteiger partial charge in [0.15, 0.2) is 0 Å². The maximum absolute atomic E-state index is 4.38. The maximum Gasteiger partial charge on any atom is 0.137 e. The molecule has 2 heterocycles. The molecule has 1 unspecified atom stereocenters. The van der Waals surface area contributed by atoms with Gasteiger partial charge in [-0.05, 0) is 37.7 Å². The van der Waals surface area contributed by atoms with Gasteiger partial charge >= 0.3 is 0 Å². The van der Waals surface area contributed by atoms with E-state index < -0.39 is 0 Å². The van der Waals surface area contributed by atoms with Gasteiger partial charge in [-0.3, -0.25) is 0 Å². The molecule has 108 valence electrons. The van der Waals surface area contributed by atoms with Crippen LogP contribution in [0.15, 0.2) is 48.1 Å². The number of nitrogens with zero attached hydrogens (tertiary/aromatic N) is 3. The zero-order valence-electron chi connectivity index (χ0n) is 12.2. The fraction of sp³-hybridized carbons (Fsp3) is 0.250. The molecular weight excluding hydrogens is 280 g/mol. The van der Waals surface area contributed by atoms with E-state index in [0.29, 0.717) is 6.04 Å². The summed E-state index contributed by atoms with van der Waals surface area (Å²) in [6, 6.07) is 12.7. The monoisotopic (exact) mass is 298 g/mol. The van der Waals surface area contributed by atoms with Crippen LogP contribution in [0.4, 0.5) is 5.82 Å². The molecule has 0 aliphatic heterocycles. The molecule has 0 aliphatic carbocycles. The average molecular weight is 298 g/mol. The molecule has 0 saturated heterocycles. The number of anilines is 1. The van der Waals surface area contributed by atoms with Crippen molar-refractivity contribution in [3.8, 4) is 0 Å².